The van der Waals surface area contributed by atoms with Crippen LogP contribution in [0.1, 0.15) is 18.0 Å². The molecule has 98 valence electrons. The number of rotatable bonds is 4. The van der Waals surface area contributed by atoms with E-state index >= 15 is 0 Å². The first kappa shape index (κ1) is 16.0. The molecule has 0 amide bonds. The zero-order chi connectivity index (χ0) is 12.2. The Morgan fingerprint density at radius 1 is 1.29 bits per heavy atom. The largest absolute Gasteiger partial charge is 0.573 e. The molecule has 7 heteroatoms. The van der Waals surface area contributed by atoms with Gasteiger partial charge in [-0.05, 0) is 24.1 Å². The molecule has 1 aromatic carbocycles. The molecule has 0 aromatic heterocycles. The Labute approximate surface area is 102 Å². The maximum absolute atomic E-state index is 12.0. The van der Waals surface area contributed by atoms with Crippen molar-refractivity contribution < 1.29 is 22.3 Å². The third kappa shape index (κ3) is 5.74. The third-order valence-corrected chi connectivity index (χ3v) is 1.94. The normalized spacial score (nSPS) is 12.8. The number of nitrogens with two attached hydrogens (primary N) is 1. The lowest BCUT2D eigenvalue weighted by molar-refractivity contribution is -0.274. The molecule has 2 nitrogen and oxygen atoms in total. The van der Waals surface area contributed by atoms with Crippen molar-refractivity contribution in [1.29, 1.82) is 0 Å². The number of alkyl halides is 4. The van der Waals surface area contributed by atoms with E-state index < -0.39 is 19.1 Å². The summed E-state index contributed by atoms with van der Waals surface area (Å²) in [6.45, 7) is -0.620. The van der Waals surface area contributed by atoms with E-state index in [2.05, 4.69) is 4.74 Å². The smallest absolute Gasteiger partial charge is 0.406 e. The molecule has 0 aliphatic carbocycles. The van der Waals surface area contributed by atoms with E-state index in [1.54, 1.807) is 0 Å². The van der Waals surface area contributed by atoms with Crippen LogP contribution in [0.4, 0.5) is 17.6 Å². The molecule has 0 unspecified atom stereocenters. The summed E-state index contributed by atoms with van der Waals surface area (Å²) in [4.78, 5) is 0. The van der Waals surface area contributed by atoms with Crippen LogP contribution >= 0.6 is 12.4 Å². The topological polar surface area (TPSA) is 35.2 Å². The Balaban J connectivity index is 0.00000256. The van der Waals surface area contributed by atoms with Gasteiger partial charge in [-0.2, -0.15) is 0 Å². The summed E-state index contributed by atoms with van der Waals surface area (Å²) in [5, 5.41) is 0. The van der Waals surface area contributed by atoms with E-state index in [1.807, 2.05) is 0 Å². The van der Waals surface area contributed by atoms with Crippen molar-refractivity contribution in [3.8, 4) is 5.75 Å². The fraction of sp³-hybridized carbons (Fsp3) is 0.400. The second-order valence-electron chi connectivity index (χ2n) is 3.20. The highest BCUT2D eigenvalue weighted by atomic mass is 35.5. The number of halogens is 5. The average Bonchev–Trinajstić information content (AvgIpc) is 2.16. The van der Waals surface area contributed by atoms with Crippen LogP contribution in [0.5, 0.6) is 5.75 Å². The van der Waals surface area contributed by atoms with Gasteiger partial charge in [0.15, 0.2) is 0 Å². The van der Waals surface area contributed by atoms with Crippen molar-refractivity contribution in [3.05, 3.63) is 29.8 Å². The van der Waals surface area contributed by atoms with Crippen molar-refractivity contribution >= 4 is 12.4 Å². The fourth-order valence-corrected chi connectivity index (χ4v) is 1.23. The molecular formula is C10H12ClF4NO. The van der Waals surface area contributed by atoms with E-state index in [4.69, 9.17) is 5.73 Å². The van der Waals surface area contributed by atoms with Gasteiger partial charge in [-0.3, -0.25) is 4.39 Å². The summed E-state index contributed by atoms with van der Waals surface area (Å²) in [6, 6.07) is 4.62. The molecule has 0 saturated carbocycles. The standard InChI is InChI=1S/C10H11F4NO.ClH/c11-5-4-9(15)7-2-1-3-8(6-7)16-10(12,13)14;/h1-3,6,9H,4-5,15H2;1H/t9-;/m0./s1. The summed E-state index contributed by atoms with van der Waals surface area (Å²) in [7, 11) is 0. The summed E-state index contributed by atoms with van der Waals surface area (Å²) in [6.07, 6.45) is -4.67. The zero-order valence-electron chi connectivity index (χ0n) is 8.71. The fourth-order valence-electron chi connectivity index (χ4n) is 1.23. The lowest BCUT2D eigenvalue weighted by Gasteiger charge is -2.13. The molecule has 1 aromatic rings. The van der Waals surface area contributed by atoms with E-state index in [9.17, 15) is 17.6 Å². The Kier molecular flexibility index (Phi) is 6.26. The van der Waals surface area contributed by atoms with Gasteiger partial charge in [-0.1, -0.05) is 12.1 Å². The maximum atomic E-state index is 12.0. The van der Waals surface area contributed by atoms with E-state index in [-0.39, 0.29) is 24.6 Å². The van der Waals surface area contributed by atoms with Crippen molar-refractivity contribution in [2.24, 2.45) is 5.73 Å². The molecule has 1 rings (SSSR count). The molecule has 0 aliphatic heterocycles. The Morgan fingerprint density at radius 2 is 1.94 bits per heavy atom. The minimum absolute atomic E-state index is 0. The first-order chi connectivity index (χ1) is 7.42. The Bertz CT molecular complexity index is 345. The van der Waals surface area contributed by atoms with Gasteiger partial charge in [0, 0.05) is 6.04 Å². The van der Waals surface area contributed by atoms with Gasteiger partial charge in [0.05, 0.1) is 6.67 Å². The summed E-state index contributed by atoms with van der Waals surface area (Å²) in [5.41, 5.74) is 5.98. The molecule has 0 bridgehead atoms. The molecule has 17 heavy (non-hydrogen) atoms. The van der Waals surface area contributed by atoms with Crippen molar-refractivity contribution in [3.63, 3.8) is 0 Å². The zero-order valence-corrected chi connectivity index (χ0v) is 9.52. The summed E-state index contributed by atoms with van der Waals surface area (Å²) in [5.74, 6) is -0.348. The van der Waals surface area contributed by atoms with Gasteiger partial charge in [0.1, 0.15) is 5.75 Å². The quantitative estimate of drug-likeness (QED) is 0.854. The van der Waals surface area contributed by atoms with Crippen LogP contribution in [-0.4, -0.2) is 13.0 Å². The third-order valence-electron chi connectivity index (χ3n) is 1.94. The first-order valence-electron chi connectivity index (χ1n) is 4.59. The van der Waals surface area contributed by atoms with Crippen LogP contribution in [-0.2, 0) is 0 Å². The highest BCUT2D eigenvalue weighted by Gasteiger charge is 2.31. The van der Waals surface area contributed by atoms with Gasteiger partial charge in [0.2, 0.25) is 0 Å². The molecule has 0 fully saturated rings. The summed E-state index contributed by atoms with van der Waals surface area (Å²) >= 11 is 0. The molecule has 0 aliphatic rings. The second-order valence-corrected chi connectivity index (χ2v) is 3.20. The molecule has 2 N–H and O–H groups in total. The molecule has 0 radical (unpaired) electrons. The minimum atomic E-state index is -4.73. The lowest BCUT2D eigenvalue weighted by atomic mass is 10.1. The number of hydrogen-bond donors (Lipinski definition) is 1. The first-order valence-corrected chi connectivity index (χ1v) is 4.59. The maximum Gasteiger partial charge on any atom is 0.573 e. The SMILES string of the molecule is Cl.N[C@@H](CCF)c1cccc(OC(F)(F)F)c1. The number of benzene rings is 1. The van der Waals surface area contributed by atoms with Gasteiger partial charge in [-0.25, -0.2) is 0 Å². The minimum Gasteiger partial charge on any atom is -0.406 e. The van der Waals surface area contributed by atoms with Crippen molar-refractivity contribution in [2.75, 3.05) is 6.67 Å². The molecule has 0 heterocycles. The number of hydrogen-bond acceptors (Lipinski definition) is 2. The Morgan fingerprint density at radius 3 is 2.47 bits per heavy atom. The van der Waals surface area contributed by atoms with E-state index in [0.29, 0.717) is 5.56 Å². The van der Waals surface area contributed by atoms with E-state index in [1.165, 1.54) is 18.2 Å². The predicted molar refractivity (Wildman–Crippen MR) is 57.9 cm³/mol. The number of ether oxygens (including phenoxy) is 1. The van der Waals surface area contributed by atoms with Gasteiger partial charge in [0.25, 0.3) is 0 Å². The lowest BCUT2D eigenvalue weighted by Crippen LogP contribution is -2.17. The second kappa shape index (κ2) is 6.66. The predicted octanol–water partition coefficient (Wildman–Crippen LogP) is 3.37. The van der Waals surface area contributed by atoms with Crippen LogP contribution in [0, 0.1) is 0 Å². The molecule has 0 spiro atoms. The van der Waals surface area contributed by atoms with Crippen LogP contribution in [0.25, 0.3) is 0 Å². The van der Waals surface area contributed by atoms with Crippen molar-refractivity contribution in [1.82, 2.24) is 0 Å². The molecule has 1 atom stereocenters. The van der Waals surface area contributed by atoms with Gasteiger partial charge >= 0.3 is 6.36 Å². The van der Waals surface area contributed by atoms with Gasteiger partial charge < -0.3 is 10.5 Å². The molecule has 0 saturated heterocycles. The van der Waals surface area contributed by atoms with Crippen molar-refractivity contribution in [2.45, 2.75) is 18.8 Å². The van der Waals surface area contributed by atoms with Gasteiger partial charge in [-0.15, -0.1) is 25.6 Å². The highest BCUT2D eigenvalue weighted by Crippen LogP contribution is 2.25. The highest BCUT2D eigenvalue weighted by molar-refractivity contribution is 5.85. The monoisotopic (exact) mass is 273 g/mol. The summed E-state index contributed by atoms with van der Waals surface area (Å²) < 4.78 is 51.5. The molecular weight excluding hydrogens is 262 g/mol. The Hall–Kier alpha value is -1.01. The van der Waals surface area contributed by atoms with Crippen LogP contribution in [0.3, 0.4) is 0 Å². The van der Waals surface area contributed by atoms with Crippen LogP contribution < -0.4 is 10.5 Å². The van der Waals surface area contributed by atoms with E-state index in [0.717, 1.165) is 6.07 Å². The van der Waals surface area contributed by atoms with Crippen LogP contribution in [0.2, 0.25) is 0 Å². The average molecular weight is 274 g/mol. The van der Waals surface area contributed by atoms with Crippen LogP contribution in [0.15, 0.2) is 24.3 Å².